The molecule has 1 aliphatic heterocycles. The molecule has 0 fully saturated rings. The molecular formula is C23H24N2O4. The molecule has 6 nitrogen and oxygen atoms in total. The molecule has 29 heavy (non-hydrogen) atoms. The predicted molar refractivity (Wildman–Crippen MR) is 111 cm³/mol. The molecule has 6 heteroatoms. The molecule has 0 aromatic heterocycles. The first kappa shape index (κ1) is 19.1. The van der Waals surface area contributed by atoms with Crippen LogP contribution in [0.5, 0.6) is 11.5 Å². The number of hydrogen-bond donors (Lipinski definition) is 1. The maximum absolute atomic E-state index is 13.1. The molecule has 1 amide bonds. The summed E-state index contributed by atoms with van der Waals surface area (Å²) in [6.07, 6.45) is 2.04. The fourth-order valence-corrected chi connectivity index (χ4v) is 4.22. The van der Waals surface area contributed by atoms with Crippen LogP contribution in [0.4, 0.5) is 11.4 Å². The first-order chi connectivity index (χ1) is 14.0. The second-order valence-electron chi connectivity index (χ2n) is 7.22. The van der Waals surface area contributed by atoms with Crippen LogP contribution in [0, 0.1) is 0 Å². The molecule has 150 valence electrons. The molecular weight excluding hydrogens is 368 g/mol. The third-order valence-corrected chi connectivity index (χ3v) is 5.50. The van der Waals surface area contributed by atoms with Crippen molar-refractivity contribution in [2.45, 2.75) is 32.2 Å². The van der Waals surface area contributed by atoms with Gasteiger partial charge >= 0.3 is 0 Å². The lowest BCUT2D eigenvalue weighted by Gasteiger charge is -2.33. The molecule has 0 radical (unpaired) electrons. The van der Waals surface area contributed by atoms with Crippen LogP contribution in [0.2, 0.25) is 0 Å². The van der Waals surface area contributed by atoms with Crippen molar-refractivity contribution in [1.29, 1.82) is 0 Å². The molecule has 2 aliphatic rings. The Morgan fingerprint density at radius 2 is 1.83 bits per heavy atom. The van der Waals surface area contributed by atoms with Gasteiger partial charge < -0.3 is 14.8 Å². The number of fused-ring (bicyclic) bond motifs is 1. The van der Waals surface area contributed by atoms with Gasteiger partial charge in [0.25, 0.3) is 0 Å². The monoisotopic (exact) mass is 392 g/mol. The molecule has 1 N–H and O–H groups in total. The lowest BCUT2D eigenvalue weighted by molar-refractivity contribution is -0.117. The van der Waals surface area contributed by atoms with E-state index < -0.39 is 6.04 Å². The van der Waals surface area contributed by atoms with Gasteiger partial charge in [-0.1, -0.05) is 18.2 Å². The highest BCUT2D eigenvalue weighted by Crippen LogP contribution is 2.45. The highest BCUT2D eigenvalue weighted by atomic mass is 16.5. The summed E-state index contributed by atoms with van der Waals surface area (Å²) >= 11 is 0. The van der Waals surface area contributed by atoms with Gasteiger partial charge in [0, 0.05) is 24.6 Å². The number of nitrogens with zero attached hydrogens (tertiary/aromatic N) is 1. The third-order valence-electron chi connectivity index (χ3n) is 5.50. The van der Waals surface area contributed by atoms with Crippen LogP contribution in [0.15, 0.2) is 53.7 Å². The maximum atomic E-state index is 13.1. The van der Waals surface area contributed by atoms with Crippen molar-refractivity contribution in [2.75, 3.05) is 24.4 Å². The number of ketones is 1. The summed E-state index contributed by atoms with van der Waals surface area (Å²) in [5.74, 6) is 1.09. The highest BCUT2D eigenvalue weighted by molar-refractivity contribution is 6.05. The third kappa shape index (κ3) is 3.24. The normalized spacial score (nSPS) is 18.4. The first-order valence-electron chi connectivity index (χ1n) is 9.69. The minimum absolute atomic E-state index is 0.0672. The fraction of sp³-hybridized carbons (Fsp3) is 0.304. The van der Waals surface area contributed by atoms with E-state index in [1.54, 1.807) is 19.1 Å². The number of allylic oxidation sites excluding steroid dienone is 1. The Balaban J connectivity index is 1.99. The molecule has 4 rings (SSSR count). The van der Waals surface area contributed by atoms with E-state index >= 15 is 0 Å². The van der Waals surface area contributed by atoms with Crippen LogP contribution >= 0.6 is 0 Å². The number of anilines is 2. The highest BCUT2D eigenvalue weighted by Gasteiger charge is 2.38. The van der Waals surface area contributed by atoms with Gasteiger partial charge in [0.15, 0.2) is 17.3 Å². The van der Waals surface area contributed by atoms with Crippen LogP contribution in [-0.4, -0.2) is 25.9 Å². The number of Topliss-reactive ketones (excluding diaryl/α,β-unsaturated/α-hetero) is 1. The van der Waals surface area contributed by atoms with E-state index in [0.29, 0.717) is 23.5 Å². The van der Waals surface area contributed by atoms with Crippen molar-refractivity contribution in [2.24, 2.45) is 0 Å². The van der Waals surface area contributed by atoms with E-state index in [1.165, 1.54) is 6.92 Å². The molecule has 2 aromatic rings. The molecule has 2 aromatic carbocycles. The quantitative estimate of drug-likeness (QED) is 0.847. The van der Waals surface area contributed by atoms with Crippen LogP contribution in [0.3, 0.4) is 0 Å². The van der Waals surface area contributed by atoms with Gasteiger partial charge in [-0.3, -0.25) is 14.5 Å². The minimum Gasteiger partial charge on any atom is -0.493 e. The van der Waals surface area contributed by atoms with E-state index in [-0.39, 0.29) is 11.7 Å². The van der Waals surface area contributed by atoms with E-state index in [9.17, 15) is 9.59 Å². The number of ether oxygens (including phenoxy) is 2. The zero-order valence-corrected chi connectivity index (χ0v) is 16.8. The van der Waals surface area contributed by atoms with Crippen LogP contribution < -0.4 is 19.7 Å². The van der Waals surface area contributed by atoms with Gasteiger partial charge in [-0.25, -0.2) is 0 Å². The Morgan fingerprint density at radius 3 is 2.55 bits per heavy atom. The van der Waals surface area contributed by atoms with Crippen molar-refractivity contribution >= 4 is 23.1 Å². The number of carbonyl (C=O) groups is 2. The molecule has 1 aliphatic carbocycles. The van der Waals surface area contributed by atoms with Crippen molar-refractivity contribution in [3.63, 3.8) is 0 Å². The number of amides is 1. The second kappa shape index (κ2) is 7.62. The number of rotatable bonds is 3. The average molecular weight is 392 g/mol. The zero-order chi connectivity index (χ0) is 20.5. The van der Waals surface area contributed by atoms with E-state index in [2.05, 4.69) is 5.32 Å². The summed E-state index contributed by atoms with van der Waals surface area (Å²) in [5.41, 5.74) is 3.92. The molecule has 1 heterocycles. The summed E-state index contributed by atoms with van der Waals surface area (Å²) in [6.45, 7) is 1.53. The largest absolute Gasteiger partial charge is 0.493 e. The molecule has 0 saturated heterocycles. The van der Waals surface area contributed by atoms with Gasteiger partial charge in [-0.15, -0.1) is 0 Å². The number of nitrogens with one attached hydrogen (secondary N) is 1. The van der Waals surface area contributed by atoms with Crippen molar-refractivity contribution in [1.82, 2.24) is 0 Å². The van der Waals surface area contributed by atoms with Gasteiger partial charge in [0.1, 0.15) is 0 Å². The second-order valence-corrected chi connectivity index (χ2v) is 7.22. The van der Waals surface area contributed by atoms with Gasteiger partial charge in [0.2, 0.25) is 5.91 Å². The maximum Gasteiger partial charge on any atom is 0.224 e. The lowest BCUT2D eigenvalue weighted by Crippen LogP contribution is -2.36. The van der Waals surface area contributed by atoms with E-state index in [4.69, 9.17) is 9.47 Å². The summed E-state index contributed by atoms with van der Waals surface area (Å²) < 4.78 is 10.8. The molecule has 1 atom stereocenters. The Bertz CT molecular complexity index is 1010. The Labute approximate surface area is 170 Å². The molecule has 0 spiro atoms. The average Bonchev–Trinajstić information content (AvgIpc) is 2.88. The lowest BCUT2D eigenvalue weighted by atomic mass is 9.85. The van der Waals surface area contributed by atoms with Crippen molar-refractivity contribution in [3.05, 3.63) is 59.3 Å². The number of methoxy groups -OCH3 is 2. The Hall–Kier alpha value is -3.28. The number of para-hydroxylation sites is 2. The molecule has 0 bridgehead atoms. The summed E-state index contributed by atoms with van der Waals surface area (Å²) in [7, 11) is 3.15. The summed E-state index contributed by atoms with van der Waals surface area (Å²) in [6, 6.07) is 12.7. The Kier molecular flexibility index (Phi) is 5.01. The first-order valence-corrected chi connectivity index (χ1v) is 9.69. The van der Waals surface area contributed by atoms with Gasteiger partial charge in [-0.2, -0.15) is 0 Å². The molecule has 0 saturated carbocycles. The van der Waals surface area contributed by atoms with E-state index in [1.807, 2.05) is 42.5 Å². The van der Waals surface area contributed by atoms with Gasteiger partial charge in [0.05, 0.1) is 31.6 Å². The SMILES string of the molecule is COc1ccc([C@H]2C3=C(CCCC3=O)Nc3ccccc3N2C(C)=O)cc1OC. The standard InChI is InChI=1S/C23H24N2O4/c1-14(26)25-18-9-5-4-7-16(18)24-17-8-6-10-19(27)22(17)23(25)15-11-12-20(28-2)21(13-15)29-3/h4-5,7,9,11-13,23-24H,6,8,10H2,1-3H3/t23-/m0/s1. The van der Waals surface area contributed by atoms with Crippen LogP contribution in [0.1, 0.15) is 37.8 Å². The minimum atomic E-state index is -0.536. The van der Waals surface area contributed by atoms with E-state index in [0.717, 1.165) is 35.5 Å². The van der Waals surface area contributed by atoms with Crippen molar-refractivity contribution < 1.29 is 19.1 Å². The van der Waals surface area contributed by atoms with Crippen LogP contribution in [-0.2, 0) is 9.59 Å². The molecule has 0 unspecified atom stereocenters. The number of benzene rings is 2. The smallest absolute Gasteiger partial charge is 0.224 e. The summed E-state index contributed by atoms with van der Waals surface area (Å²) in [4.78, 5) is 27.6. The number of carbonyl (C=O) groups excluding carboxylic acids is 2. The van der Waals surface area contributed by atoms with Crippen LogP contribution in [0.25, 0.3) is 0 Å². The zero-order valence-electron chi connectivity index (χ0n) is 16.8. The fourth-order valence-electron chi connectivity index (χ4n) is 4.22. The van der Waals surface area contributed by atoms with Crippen molar-refractivity contribution in [3.8, 4) is 11.5 Å². The Morgan fingerprint density at radius 1 is 1.07 bits per heavy atom. The summed E-state index contributed by atoms with van der Waals surface area (Å²) in [5, 5.41) is 3.44. The van der Waals surface area contributed by atoms with Gasteiger partial charge in [-0.05, 0) is 42.7 Å². The predicted octanol–water partition coefficient (Wildman–Crippen LogP) is 4.23. The topological polar surface area (TPSA) is 67.9 Å². The number of hydrogen-bond acceptors (Lipinski definition) is 5.